The predicted molar refractivity (Wildman–Crippen MR) is 106 cm³/mol. The Bertz CT molecular complexity index is 1260. The molecule has 1 aliphatic rings. The summed E-state index contributed by atoms with van der Waals surface area (Å²) in [4.78, 5) is 11.9. The molecule has 1 saturated heterocycles. The molecule has 13 heteroatoms. The Balaban J connectivity index is 1.52. The van der Waals surface area contributed by atoms with Crippen LogP contribution < -0.4 is 5.32 Å². The van der Waals surface area contributed by atoms with E-state index in [0.29, 0.717) is 9.69 Å². The predicted octanol–water partition coefficient (Wildman–Crippen LogP) is 3.70. The largest absolute Gasteiger partial charge is 0.511 e. The highest BCUT2D eigenvalue weighted by Gasteiger charge is 2.50. The van der Waals surface area contributed by atoms with Gasteiger partial charge in [0.05, 0.1) is 6.20 Å². The van der Waals surface area contributed by atoms with Crippen molar-refractivity contribution in [1.82, 2.24) is 19.3 Å². The molecule has 2 aromatic heterocycles. The molecular weight excluding hydrogens is 457 g/mol. The zero-order valence-electron chi connectivity index (χ0n) is 16.3. The fraction of sp³-hybridized carbons (Fsp3) is 0.316. The number of alkyl halides is 3. The second-order valence-corrected chi connectivity index (χ2v) is 9.12. The number of nitrogens with zero attached hydrogens (tertiary/aromatic N) is 4. The fourth-order valence-corrected chi connectivity index (χ4v) is 4.48. The third-order valence-electron chi connectivity index (χ3n) is 5.10. The molecule has 170 valence electrons. The number of halogens is 5. The minimum Gasteiger partial charge on any atom is -0.351 e. The van der Waals surface area contributed by atoms with Crippen LogP contribution in [0.2, 0.25) is 0 Å². The number of fused-ring (bicyclic) bond motifs is 1. The van der Waals surface area contributed by atoms with Crippen LogP contribution in [0.25, 0.3) is 22.2 Å². The topological polar surface area (TPSA) is 88.1 Å². The second-order valence-electron chi connectivity index (χ2n) is 7.19. The number of pyridine rings is 1. The third kappa shape index (κ3) is 4.21. The van der Waals surface area contributed by atoms with Gasteiger partial charge in [0, 0.05) is 36.3 Å². The van der Waals surface area contributed by atoms with Crippen LogP contribution >= 0.6 is 0 Å². The van der Waals surface area contributed by atoms with E-state index < -0.39 is 33.2 Å². The van der Waals surface area contributed by atoms with Crippen molar-refractivity contribution < 1.29 is 30.4 Å². The molecule has 4 rings (SSSR count). The monoisotopic (exact) mass is 473 g/mol. The molecule has 0 spiro atoms. The van der Waals surface area contributed by atoms with Gasteiger partial charge in [0.2, 0.25) is 5.95 Å². The van der Waals surface area contributed by atoms with Gasteiger partial charge in [-0.25, -0.2) is 27.2 Å². The first-order chi connectivity index (χ1) is 15.1. The average molecular weight is 473 g/mol. The van der Waals surface area contributed by atoms with Crippen LogP contribution in [-0.4, -0.2) is 52.3 Å². The van der Waals surface area contributed by atoms with Gasteiger partial charge < -0.3 is 5.32 Å². The Hall–Kier alpha value is -2.93. The van der Waals surface area contributed by atoms with Crippen molar-refractivity contribution in [3.8, 4) is 11.3 Å². The number of sulfonamides is 1. The smallest absolute Gasteiger partial charge is 0.351 e. The molecule has 0 radical (unpaired) electrons. The lowest BCUT2D eigenvalue weighted by atomic mass is 10.1. The molecule has 0 unspecified atom stereocenters. The quantitative estimate of drug-likeness (QED) is 0.582. The molecular formula is C19H16F5N5O2S. The van der Waals surface area contributed by atoms with Gasteiger partial charge in [0.15, 0.2) is 5.82 Å². The van der Waals surface area contributed by atoms with Crippen molar-refractivity contribution in [2.24, 2.45) is 0 Å². The molecule has 3 aromatic rings. The summed E-state index contributed by atoms with van der Waals surface area (Å²) in [5, 5.41) is 3.34. The van der Waals surface area contributed by atoms with Crippen LogP contribution in [-0.2, 0) is 10.0 Å². The van der Waals surface area contributed by atoms with E-state index in [1.807, 2.05) is 0 Å². The van der Waals surface area contributed by atoms with Gasteiger partial charge in [-0.1, -0.05) is 6.07 Å². The van der Waals surface area contributed by atoms with Crippen molar-refractivity contribution in [3.63, 3.8) is 0 Å². The number of anilines is 1. The number of benzene rings is 1. The van der Waals surface area contributed by atoms with Crippen molar-refractivity contribution in [2.75, 3.05) is 18.4 Å². The molecule has 7 nitrogen and oxygen atoms in total. The van der Waals surface area contributed by atoms with Crippen LogP contribution in [0.4, 0.5) is 27.9 Å². The van der Waals surface area contributed by atoms with Crippen LogP contribution in [0.5, 0.6) is 0 Å². The molecule has 1 aliphatic heterocycles. The Morgan fingerprint density at radius 2 is 1.78 bits per heavy atom. The molecule has 0 amide bonds. The number of hydrogen-bond donors (Lipinski definition) is 1. The van der Waals surface area contributed by atoms with E-state index in [4.69, 9.17) is 0 Å². The Labute approximate surface area is 179 Å². The van der Waals surface area contributed by atoms with E-state index in [1.54, 1.807) is 12.1 Å². The first-order valence-electron chi connectivity index (χ1n) is 9.46. The highest BCUT2D eigenvalue weighted by atomic mass is 32.2. The minimum atomic E-state index is -5.38. The second kappa shape index (κ2) is 8.20. The van der Waals surface area contributed by atoms with E-state index in [0.717, 1.165) is 12.3 Å². The Kier molecular flexibility index (Phi) is 5.71. The summed E-state index contributed by atoms with van der Waals surface area (Å²) in [7, 11) is -5.38. The van der Waals surface area contributed by atoms with Gasteiger partial charge in [-0.2, -0.15) is 17.5 Å². The molecule has 1 N–H and O–H groups in total. The van der Waals surface area contributed by atoms with Gasteiger partial charge in [-0.05, 0) is 31.0 Å². The summed E-state index contributed by atoms with van der Waals surface area (Å²) in [6, 6.07) is 5.44. The van der Waals surface area contributed by atoms with Gasteiger partial charge in [-0.15, -0.1) is 0 Å². The summed E-state index contributed by atoms with van der Waals surface area (Å²) in [5.74, 6) is -1.45. The van der Waals surface area contributed by atoms with Gasteiger partial charge in [0.25, 0.3) is 0 Å². The third-order valence-corrected chi connectivity index (χ3v) is 6.73. The maximum atomic E-state index is 14.4. The van der Waals surface area contributed by atoms with Crippen LogP contribution in [0.3, 0.4) is 0 Å². The Morgan fingerprint density at radius 1 is 1.06 bits per heavy atom. The van der Waals surface area contributed by atoms with Crippen molar-refractivity contribution >= 4 is 26.9 Å². The maximum absolute atomic E-state index is 14.4. The number of rotatable bonds is 4. The summed E-state index contributed by atoms with van der Waals surface area (Å²) >= 11 is 0. The van der Waals surface area contributed by atoms with Crippen LogP contribution in [0.1, 0.15) is 12.8 Å². The van der Waals surface area contributed by atoms with E-state index in [1.165, 1.54) is 12.3 Å². The fourth-order valence-electron chi connectivity index (χ4n) is 3.49. The number of nitrogens with one attached hydrogen (secondary N) is 1. The number of aromatic nitrogens is 3. The first-order valence-corrected chi connectivity index (χ1v) is 10.9. The first kappa shape index (κ1) is 22.3. The molecule has 0 atom stereocenters. The van der Waals surface area contributed by atoms with Crippen molar-refractivity contribution in [2.45, 2.75) is 24.4 Å². The molecule has 3 heterocycles. The molecule has 1 aromatic carbocycles. The lowest BCUT2D eigenvalue weighted by molar-refractivity contribution is -0.0494. The van der Waals surface area contributed by atoms with Gasteiger partial charge in [-0.3, -0.25) is 4.98 Å². The zero-order valence-corrected chi connectivity index (χ0v) is 17.1. The number of hydrogen-bond acceptors (Lipinski definition) is 6. The summed E-state index contributed by atoms with van der Waals surface area (Å²) in [5.41, 5.74) is -5.22. The minimum absolute atomic E-state index is 0.00906. The zero-order chi connectivity index (χ0) is 23.1. The molecule has 0 aliphatic carbocycles. The number of piperidine rings is 1. The van der Waals surface area contributed by atoms with Crippen LogP contribution in [0, 0.1) is 11.6 Å². The Morgan fingerprint density at radius 3 is 2.47 bits per heavy atom. The van der Waals surface area contributed by atoms with E-state index in [9.17, 15) is 30.4 Å². The van der Waals surface area contributed by atoms with Crippen LogP contribution in [0.15, 0.2) is 36.7 Å². The summed E-state index contributed by atoms with van der Waals surface area (Å²) in [6.07, 6.45) is 2.48. The summed E-state index contributed by atoms with van der Waals surface area (Å²) < 4.78 is 90.3. The average Bonchev–Trinajstić information content (AvgIpc) is 2.75. The maximum Gasteiger partial charge on any atom is 0.511 e. The lowest BCUT2D eigenvalue weighted by Gasteiger charge is -2.31. The highest BCUT2D eigenvalue weighted by molar-refractivity contribution is 7.90. The molecule has 0 bridgehead atoms. The van der Waals surface area contributed by atoms with Gasteiger partial charge >= 0.3 is 15.5 Å². The van der Waals surface area contributed by atoms with Crippen molar-refractivity contribution in [1.29, 1.82) is 0 Å². The van der Waals surface area contributed by atoms with E-state index >= 15 is 0 Å². The van der Waals surface area contributed by atoms with E-state index in [-0.39, 0.29) is 48.7 Å². The highest BCUT2D eigenvalue weighted by Crippen LogP contribution is 2.30. The standard InChI is InChI=1S/C19H16F5N5O2S/c20-14-9-12(8-11-2-1-5-25-16(11)14)17-15(21)10-26-18(28-17)27-13-3-6-29(7-4-13)32(30,31)19(22,23)24/h1-2,5,8-10,13H,3-4,6-7H2,(H,26,27,28). The normalized spacial score (nSPS) is 16.4. The SMILES string of the molecule is O=S(=O)(N1CCC(Nc2ncc(F)c(-c3cc(F)c4ncccc4c3)n2)CC1)C(F)(F)F. The lowest BCUT2D eigenvalue weighted by Crippen LogP contribution is -2.47. The molecule has 1 fully saturated rings. The molecule has 0 saturated carbocycles. The molecule has 32 heavy (non-hydrogen) atoms. The van der Waals surface area contributed by atoms with E-state index in [2.05, 4.69) is 20.3 Å². The van der Waals surface area contributed by atoms with Crippen molar-refractivity contribution in [3.05, 3.63) is 48.3 Å². The van der Waals surface area contributed by atoms with Gasteiger partial charge in [0.1, 0.15) is 17.0 Å². The summed E-state index contributed by atoms with van der Waals surface area (Å²) in [6.45, 7) is -0.674.